The normalized spacial score (nSPS) is 21.7. The van der Waals surface area contributed by atoms with Crippen molar-refractivity contribution in [2.45, 2.75) is 37.7 Å². The van der Waals surface area contributed by atoms with Crippen LogP contribution in [0, 0.1) is 0 Å². The molecule has 3 aromatic rings. The van der Waals surface area contributed by atoms with E-state index in [9.17, 15) is 4.79 Å². The molecule has 1 amide bonds. The molecule has 0 radical (unpaired) electrons. The number of likely N-dealkylation sites (tertiary alicyclic amines) is 1. The average molecular weight is 422 g/mol. The highest BCUT2D eigenvalue weighted by molar-refractivity contribution is 5.87. The first kappa shape index (κ1) is 20.0. The lowest BCUT2D eigenvalue weighted by Gasteiger charge is -2.20. The van der Waals surface area contributed by atoms with E-state index in [4.69, 9.17) is 14.2 Å². The molecule has 2 fully saturated rings. The van der Waals surface area contributed by atoms with Crippen molar-refractivity contribution in [3.8, 4) is 5.75 Å². The fourth-order valence-electron chi connectivity index (χ4n) is 4.21. The topological polar surface area (TPSA) is 78.7 Å². The lowest BCUT2D eigenvalue weighted by molar-refractivity contribution is -0.131. The molecule has 2 saturated heterocycles. The van der Waals surface area contributed by atoms with Gasteiger partial charge in [-0.1, -0.05) is 12.1 Å². The highest BCUT2D eigenvalue weighted by Crippen LogP contribution is 2.27. The van der Waals surface area contributed by atoms with Gasteiger partial charge in [-0.25, -0.2) is 4.98 Å². The summed E-state index contributed by atoms with van der Waals surface area (Å²) in [7, 11) is 0. The number of rotatable bonds is 6. The second-order valence-corrected chi connectivity index (χ2v) is 8.04. The molecule has 4 heterocycles. The standard InChI is InChI=1S/C23H26N4O4/c28-23(5-2-9-26-10-8-25-16-26)27-12-21-22(13-27)30-15-18(14-29-21)31-20-4-1-3-17-11-24-7-6-19(17)20/h1,3-4,6-8,10-11,16,18,21-22H,2,5,9,12-15H2/t21-,22-/m0/s1. The van der Waals surface area contributed by atoms with Crippen LogP contribution in [0.4, 0.5) is 0 Å². The average Bonchev–Trinajstić information content (AvgIpc) is 3.42. The van der Waals surface area contributed by atoms with Crippen LogP contribution in [0.5, 0.6) is 5.75 Å². The van der Waals surface area contributed by atoms with Crippen molar-refractivity contribution in [2.24, 2.45) is 0 Å². The summed E-state index contributed by atoms with van der Waals surface area (Å²) >= 11 is 0. The van der Waals surface area contributed by atoms with Crippen LogP contribution in [-0.4, -0.2) is 70.0 Å². The van der Waals surface area contributed by atoms with Gasteiger partial charge in [0.05, 0.1) is 19.5 Å². The van der Waals surface area contributed by atoms with Crippen LogP contribution < -0.4 is 4.74 Å². The zero-order chi connectivity index (χ0) is 21.0. The van der Waals surface area contributed by atoms with Gasteiger partial charge in [0.15, 0.2) is 0 Å². The Kier molecular flexibility index (Phi) is 5.82. The van der Waals surface area contributed by atoms with Crippen LogP contribution in [-0.2, 0) is 20.8 Å². The fourth-order valence-corrected chi connectivity index (χ4v) is 4.21. The number of fused-ring (bicyclic) bond motifs is 2. The van der Waals surface area contributed by atoms with Crippen LogP contribution >= 0.6 is 0 Å². The van der Waals surface area contributed by atoms with Crippen LogP contribution in [0.2, 0.25) is 0 Å². The molecule has 8 nitrogen and oxygen atoms in total. The molecule has 31 heavy (non-hydrogen) atoms. The summed E-state index contributed by atoms with van der Waals surface area (Å²) in [6, 6.07) is 7.88. The molecule has 2 aromatic heterocycles. The summed E-state index contributed by atoms with van der Waals surface area (Å²) in [6.07, 6.45) is 9.92. The van der Waals surface area contributed by atoms with Gasteiger partial charge < -0.3 is 23.7 Å². The van der Waals surface area contributed by atoms with E-state index in [2.05, 4.69) is 9.97 Å². The molecular weight excluding hydrogens is 396 g/mol. The first-order chi connectivity index (χ1) is 15.3. The maximum Gasteiger partial charge on any atom is 0.222 e. The summed E-state index contributed by atoms with van der Waals surface area (Å²) in [5.74, 6) is 0.955. The number of amides is 1. The Labute approximate surface area is 180 Å². The molecule has 0 bridgehead atoms. The summed E-state index contributed by atoms with van der Waals surface area (Å²) in [6.45, 7) is 2.81. The van der Waals surface area contributed by atoms with Crippen LogP contribution in [0.25, 0.3) is 10.8 Å². The number of benzene rings is 1. The van der Waals surface area contributed by atoms with Crippen molar-refractivity contribution in [2.75, 3.05) is 26.3 Å². The van der Waals surface area contributed by atoms with Crippen LogP contribution in [0.1, 0.15) is 12.8 Å². The zero-order valence-corrected chi connectivity index (χ0v) is 17.3. The summed E-state index contributed by atoms with van der Waals surface area (Å²) in [4.78, 5) is 22.6. The van der Waals surface area contributed by atoms with Gasteiger partial charge in [0, 0.05) is 61.6 Å². The molecule has 8 heteroatoms. The number of carbonyl (C=O) groups excluding carboxylic acids is 1. The Morgan fingerprint density at radius 1 is 1.10 bits per heavy atom. The van der Waals surface area contributed by atoms with Crippen molar-refractivity contribution in [1.82, 2.24) is 19.4 Å². The van der Waals surface area contributed by atoms with Gasteiger partial charge >= 0.3 is 0 Å². The molecule has 2 aliphatic rings. The third-order valence-electron chi connectivity index (χ3n) is 5.86. The molecule has 0 saturated carbocycles. The number of aromatic nitrogens is 3. The third-order valence-corrected chi connectivity index (χ3v) is 5.86. The summed E-state index contributed by atoms with van der Waals surface area (Å²) < 4.78 is 20.4. The van der Waals surface area contributed by atoms with E-state index < -0.39 is 0 Å². The predicted molar refractivity (Wildman–Crippen MR) is 114 cm³/mol. The maximum absolute atomic E-state index is 12.6. The van der Waals surface area contributed by atoms with Crippen molar-refractivity contribution < 1.29 is 19.0 Å². The van der Waals surface area contributed by atoms with E-state index in [1.165, 1.54) is 0 Å². The lowest BCUT2D eigenvalue weighted by atomic mass is 10.1. The van der Waals surface area contributed by atoms with E-state index in [0.29, 0.717) is 32.7 Å². The first-order valence-electron chi connectivity index (χ1n) is 10.7. The molecule has 0 N–H and O–H groups in total. The van der Waals surface area contributed by atoms with Crippen molar-refractivity contribution in [1.29, 1.82) is 0 Å². The van der Waals surface area contributed by atoms with Gasteiger partial charge in [0.2, 0.25) is 5.91 Å². The number of aryl methyl sites for hydroxylation is 1. The molecule has 2 aliphatic heterocycles. The van der Waals surface area contributed by atoms with E-state index in [-0.39, 0.29) is 24.2 Å². The van der Waals surface area contributed by atoms with Gasteiger partial charge in [-0.15, -0.1) is 0 Å². The summed E-state index contributed by atoms with van der Waals surface area (Å²) in [5, 5.41) is 2.06. The largest absolute Gasteiger partial charge is 0.485 e. The molecular formula is C23H26N4O4. The minimum atomic E-state index is -0.191. The van der Waals surface area contributed by atoms with Crippen molar-refractivity contribution in [3.63, 3.8) is 0 Å². The number of hydrogen-bond donors (Lipinski definition) is 0. The van der Waals surface area contributed by atoms with Crippen LogP contribution in [0.3, 0.4) is 0 Å². The zero-order valence-electron chi connectivity index (χ0n) is 17.3. The van der Waals surface area contributed by atoms with Gasteiger partial charge in [-0.05, 0) is 18.6 Å². The smallest absolute Gasteiger partial charge is 0.222 e. The van der Waals surface area contributed by atoms with E-state index in [0.717, 1.165) is 29.5 Å². The molecule has 162 valence electrons. The lowest BCUT2D eigenvalue weighted by Crippen LogP contribution is -2.32. The number of nitrogens with zero attached hydrogens (tertiary/aromatic N) is 4. The third kappa shape index (κ3) is 4.55. The molecule has 1 aromatic carbocycles. The van der Waals surface area contributed by atoms with Crippen LogP contribution in [0.15, 0.2) is 55.4 Å². The molecule has 0 aliphatic carbocycles. The first-order valence-corrected chi connectivity index (χ1v) is 10.7. The maximum atomic E-state index is 12.6. The number of imidazole rings is 1. The Bertz CT molecular complexity index is 1000. The van der Waals surface area contributed by atoms with Gasteiger partial charge in [0.1, 0.15) is 24.1 Å². The van der Waals surface area contributed by atoms with E-state index >= 15 is 0 Å². The predicted octanol–water partition coefficient (Wildman–Crippen LogP) is 2.29. The Balaban J connectivity index is 1.13. The minimum absolute atomic E-state index is 0.108. The van der Waals surface area contributed by atoms with Gasteiger partial charge in [0.25, 0.3) is 0 Å². The fraction of sp³-hybridized carbons (Fsp3) is 0.435. The Hall–Kier alpha value is -2.97. The van der Waals surface area contributed by atoms with Gasteiger partial charge in [-0.2, -0.15) is 0 Å². The number of hydrogen-bond acceptors (Lipinski definition) is 6. The second-order valence-electron chi connectivity index (χ2n) is 8.04. The van der Waals surface area contributed by atoms with E-state index in [1.54, 1.807) is 18.7 Å². The number of carbonyl (C=O) groups is 1. The van der Waals surface area contributed by atoms with Gasteiger partial charge in [-0.3, -0.25) is 9.78 Å². The van der Waals surface area contributed by atoms with E-state index in [1.807, 2.05) is 46.1 Å². The SMILES string of the molecule is O=C(CCCn1ccnc1)N1C[C@@H]2OCC(Oc3cccc4cnccc34)CO[C@H]2C1. The number of ether oxygens (including phenoxy) is 3. The van der Waals surface area contributed by atoms with Crippen molar-refractivity contribution >= 4 is 16.7 Å². The summed E-state index contributed by atoms with van der Waals surface area (Å²) in [5.41, 5.74) is 0. The highest BCUT2D eigenvalue weighted by atomic mass is 16.6. The molecule has 0 spiro atoms. The number of pyridine rings is 1. The van der Waals surface area contributed by atoms with Crippen molar-refractivity contribution in [3.05, 3.63) is 55.4 Å². The monoisotopic (exact) mass is 422 g/mol. The Morgan fingerprint density at radius 3 is 2.71 bits per heavy atom. The molecule has 5 rings (SSSR count). The molecule has 2 atom stereocenters. The minimum Gasteiger partial charge on any atom is -0.485 e. The highest BCUT2D eigenvalue weighted by Gasteiger charge is 2.39. The molecule has 0 unspecified atom stereocenters. The Morgan fingerprint density at radius 2 is 1.94 bits per heavy atom. The second kappa shape index (κ2) is 9.03. The quantitative estimate of drug-likeness (QED) is 0.607.